The summed E-state index contributed by atoms with van der Waals surface area (Å²) in [7, 11) is -4.09. The Kier molecular flexibility index (Phi) is 9.53. The summed E-state index contributed by atoms with van der Waals surface area (Å²) in [5.41, 5.74) is 1.08. The van der Waals surface area contributed by atoms with E-state index in [1.165, 1.54) is 17.0 Å². The molecule has 0 aliphatic carbocycles. The van der Waals surface area contributed by atoms with Crippen molar-refractivity contribution >= 4 is 55.1 Å². The first-order valence-corrected chi connectivity index (χ1v) is 13.9. The van der Waals surface area contributed by atoms with Gasteiger partial charge >= 0.3 is 0 Å². The molecule has 0 unspecified atom stereocenters. The topological polar surface area (TPSA) is 86.8 Å². The van der Waals surface area contributed by atoms with Crippen LogP contribution in [0.5, 0.6) is 0 Å². The first kappa shape index (κ1) is 27.7. The molecule has 2 amide bonds. The maximum atomic E-state index is 13.7. The Bertz CT molecular complexity index is 1290. The van der Waals surface area contributed by atoms with Crippen LogP contribution in [0.25, 0.3) is 0 Å². The second kappa shape index (κ2) is 12.4. The number of carbonyl (C=O) groups is 2. The lowest BCUT2D eigenvalue weighted by molar-refractivity contribution is -0.139. The number of likely N-dealkylation sites (N-methyl/N-ethyl adjacent to an activating group) is 1. The number of rotatable bonds is 10. The van der Waals surface area contributed by atoms with Crippen LogP contribution in [0.1, 0.15) is 19.4 Å². The molecular weight excluding hydrogens is 566 g/mol. The molecule has 0 radical (unpaired) electrons. The summed E-state index contributed by atoms with van der Waals surface area (Å²) >= 11 is 9.41. The maximum absolute atomic E-state index is 13.7. The first-order chi connectivity index (χ1) is 17.1. The van der Waals surface area contributed by atoms with Gasteiger partial charge in [-0.3, -0.25) is 13.9 Å². The minimum atomic E-state index is -4.09. The minimum Gasteiger partial charge on any atom is -0.355 e. The number of halogens is 2. The monoisotopic (exact) mass is 591 g/mol. The minimum absolute atomic E-state index is 0.0454. The zero-order chi connectivity index (χ0) is 26.3. The van der Waals surface area contributed by atoms with Gasteiger partial charge in [0.2, 0.25) is 11.8 Å². The molecule has 0 aliphatic rings. The van der Waals surface area contributed by atoms with Gasteiger partial charge in [0.25, 0.3) is 10.0 Å². The average Bonchev–Trinajstić information content (AvgIpc) is 2.87. The fourth-order valence-electron chi connectivity index (χ4n) is 3.55. The van der Waals surface area contributed by atoms with Crippen LogP contribution in [0.15, 0.2) is 88.2 Å². The molecule has 0 aromatic heterocycles. The molecule has 0 bridgehead atoms. The highest BCUT2D eigenvalue weighted by Crippen LogP contribution is 2.26. The average molecular weight is 593 g/mol. The number of anilines is 1. The van der Waals surface area contributed by atoms with E-state index in [4.69, 9.17) is 11.6 Å². The SMILES string of the molecule is CCNC(=O)[C@@H](C)N(Cc1ccc(Br)cc1)C(=O)CN(c1ccc(Cl)cc1)S(=O)(=O)c1ccccc1. The fourth-order valence-corrected chi connectivity index (χ4v) is 5.37. The number of amides is 2. The lowest BCUT2D eigenvalue weighted by atomic mass is 10.1. The second-order valence-electron chi connectivity index (χ2n) is 8.02. The summed E-state index contributed by atoms with van der Waals surface area (Å²) < 4.78 is 29.2. The third kappa shape index (κ3) is 6.87. The molecule has 0 fully saturated rings. The molecule has 3 aromatic rings. The second-order valence-corrected chi connectivity index (χ2v) is 11.2. The molecule has 7 nitrogen and oxygen atoms in total. The van der Waals surface area contributed by atoms with Crippen LogP contribution in [-0.4, -0.2) is 44.3 Å². The van der Waals surface area contributed by atoms with Crippen molar-refractivity contribution in [1.82, 2.24) is 10.2 Å². The van der Waals surface area contributed by atoms with E-state index >= 15 is 0 Å². The summed E-state index contributed by atoms with van der Waals surface area (Å²) in [6, 6.07) is 20.6. The Balaban J connectivity index is 2.00. The van der Waals surface area contributed by atoms with Crippen LogP contribution in [0.3, 0.4) is 0 Å². The predicted molar refractivity (Wildman–Crippen MR) is 145 cm³/mol. The van der Waals surface area contributed by atoms with Gasteiger partial charge in [-0.05, 0) is 67.9 Å². The van der Waals surface area contributed by atoms with Crippen molar-refractivity contribution in [2.45, 2.75) is 31.3 Å². The van der Waals surface area contributed by atoms with Crippen LogP contribution in [0.2, 0.25) is 5.02 Å². The summed E-state index contributed by atoms with van der Waals surface area (Å²) in [5.74, 6) is -0.849. The Hall–Kier alpha value is -2.88. The fraction of sp³-hybridized carbons (Fsp3) is 0.231. The molecule has 0 aliphatic heterocycles. The summed E-state index contributed by atoms with van der Waals surface area (Å²) in [4.78, 5) is 27.8. The summed E-state index contributed by atoms with van der Waals surface area (Å²) in [6.07, 6.45) is 0. The molecule has 0 saturated heterocycles. The van der Waals surface area contributed by atoms with E-state index in [0.717, 1.165) is 14.3 Å². The number of carbonyl (C=O) groups excluding carboxylic acids is 2. The van der Waals surface area contributed by atoms with Crippen LogP contribution in [0.4, 0.5) is 5.69 Å². The summed E-state index contributed by atoms with van der Waals surface area (Å²) in [5, 5.41) is 3.17. The maximum Gasteiger partial charge on any atom is 0.264 e. The van der Waals surface area contributed by atoms with Gasteiger partial charge in [-0.15, -0.1) is 0 Å². The predicted octanol–water partition coefficient (Wildman–Crippen LogP) is 4.85. The van der Waals surface area contributed by atoms with Gasteiger partial charge in [0.15, 0.2) is 0 Å². The van der Waals surface area contributed by atoms with E-state index in [-0.39, 0.29) is 23.0 Å². The van der Waals surface area contributed by atoms with Gasteiger partial charge < -0.3 is 10.2 Å². The molecule has 0 heterocycles. The van der Waals surface area contributed by atoms with E-state index < -0.39 is 28.5 Å². The Morgan fingerprint density at radius 3 is 2.17 bits per heavy atom. The van der Waals surface area contributed by atoms with E-state index in [1.807, 2.05) is 24.3 Å². The zero-order valence-electron chi connectivity index (χ0n) is 19.9. The molecule has 0 saturated carbocycles. The molecular formula is C26H27BrClN3O4S. The van der Waals surface area contributed by atoms with E-state index in [0.29, 0.717) is 11.6 Å². The number of sulfonamides is 1. The zero-order valence-corrected chi connectivity index (χ0v) is 23.1. The molecule has 0 spiro atoms. The number of hydrogen-bond acceptors (Lipinski definition) is 4. The Labute approximate surface area is 225 Å². The van der Waals surface area contributed by atoms with Gasteiger partial charge in [0.05, 0.1) is 10.6 Å². The van der Waals surface area contributed by atoms with Crippen molar-refractivity contribution in [2.75, 3.05) is 17.4 Å². The lowest BCUT2D eigenvalue weighted by Gasteiger charge is -2.32. The van der Waals surface area contributed by atoms with Crippen molar-refractivity contribution in [1.29, 1.82) is 0 Å². The molecule has 36 heavy (non-hydrogen) atoms. The van der Waals surface area contributed by atoms with Gasteiger partial charge in [-0.1, -0.05) is 57.9 Å². The molecule has 3 rings (SSSR count). The first-order valence-electron chi connectivity index (χ1n) is 11.3. The van der Waals surface area contributed by atoms with Crippen LogP contribution >= 0.6 is 27.5 Å². The van der Waals surface area contributed by atoms with Gasteiger partial charge in [-0.2, -0.15) is 0 Å². The molecule has 3 aromatic carbocycles. The van der Waals surface area contributed by atoms with Crippen molar-refractivity contribution < 1.29 is 18.0 Å². The Morgan fingerprint density at radius 2 is 1.58 bits per heavy atom. The standard InChI is InChI=1S/C26H27BrClN3O4S/c1-3-29-26(33)19(2)30(17-20-9-11-21(27)12-10-20)25(32)18-31(23-15-13-22(28)14-16-23)36(34,35)24-7-5-4-6-8-24/h4-16,19H,3,17-18H2,1-2H3,(H,29,33)/t19-/m1/s1. The molecule has 10 heteroatoms. The molecule has 1 N–H and O–H groups in total. The van der Waals surface area contributed by atoms with Crippen molar-refractivity contribution in [3.8, 4) is 0 Å². The number of nitrogens with zero attached hydrogens (tertiary/aromatic N) is 2. The van der Waals surface area contributed by atoms with Crippen LogP contribution < -0.4 is 9.62 Å². The van der Waals surface area contributed by atoms with Crippen LogP contribution in [-0.2, 0) is 26.2 Å². The number of hydrogen-bond donors (Lipinski definition) is 1. The smallest absolute Gasteiger partial charge is 0.264 e. The number of nitrogens with one attached hydrogen (secondary N) is 1. The normalized spacial score (nSPS) is 12.0. The molecule has 190 valence electrons. The summed E-state index contributed by atoms with van der Waals surface area (Å²) in [6.45, 7) is 3.45. The third-order valence-corrected chi connectivity index (χ3v) is 8.08. The van der Waals surface area contributed by atoms with E-state index in [9.17, 15) is 18.0 Å². The van der Waals surface area contributed by atoms with Gasteiger partial charge in [0, 0.05) is 22.6 Å². The third-order valence-electron chi connectivity index (χ3n) is 5.51. The quantitative estimate of drug-likeness (QED) is 0.365. The highest BCUT2D eigenvalue weighted by Gasteiger charge is 2.32. The highest BCUT2D eigenvalue weighted by molar-refractivity contribution is 9.10. The van der Waals surface area contributed by atoms with Gasteiger partial charge in [-0.25, -0.2) is 8.42 Å². The van der Waals surface area contributed by atoms with Crippen molar-refractivity contribution in [3.05, 3.63) is 93.9 Å². The lowest BCUT2D eigenvalue weighted by Crippen LogP contribution is -2.51. The van der Waals surface area contributed by atoms with Crippen molar-refractivity contribution in [2.24, 2.45) is 0 Å². The largest absolute Gasteiger partial charge is 0.355 e. The Morgan fingerprint density at radius 1 is 0.972 bits per heavy atom. The molecule has 1 atom stereocenters. The number of benzene rings is 3. The van der Waals surface area contributed by atoms with Crippen LogP contribution in [0, 0.1) is 0 Å². The van der Waals surface area contributed by atoms with Gasteiger partial charge in [0.1, 0.15) is 12.6 Å². The van der Waals surface area contributed by atoms with Crippen molar-refractivity contribution in [3.63, 3.8) is 0 Å². The van der Waals surface area contributed by atoms with E-state index in [2.05, 4.69) is 21.2 Å². The highest BCUT2D eigenvalue weighted by atomic mass is 79.9. The van der Waals surface area contributed by atoms with E-state index in [1.54, 1.807) is 56.3 Å².